The van der Waals surface area contributed by atoms with Gasteiger partial charge in [-0.15, -0.1) is 0 Å². The lowest BCUT2D eigenvalue weighted by atomic mass is 9.76. The molecule has 2 aliphatic rings. The molecule has 0 radical (unpaired) electrons. The minimum atomic E-state index is -0.445. The van der Waals surface area contributed by atoms with Gasteiger partial charge in [-0.2, -0.15) is 5.26 Å². The quantitative estimate of drug-likeness (QED) is 0.910. The SMILES string of the molecule is COc1cccc([C@@H]2C(C#N)=C(N)N(N(C)C)C3=C2C(=O)CCC3)c1. The van der Waals surface area contributed by atoms with Gasteiger partial charge in [-0.05, 0) is 30.5 Å². The van der Waals surface area contributed by atoms with E-state index in [2.05, 4.69) is 6.07 Å². The summed E-state index contributed by atoms with van der Waals surface area (Å²) in [5.41, 5.74) is 9.17. The number of allylic oxidation sites excluding steroid dienone is 3. The molecule has 0 spiro atoms. The van der Waals surface area contributed by atoms with Crippen LogP contribution in [-0.4, -0.2) is 37.0 Å². The molecule has 3 rings (SSSR count). The molecule has 6 heteroatoms. The Morgan fingerprint density at radius 1 is 1.36 bits per heavy atom. The Kier molecular flexibility index (Phi) is 4.51. The molecular weight excluding hydrogens is 316 g/mol. The highest BCUT2D eigenvalue weighted by Gasteiger charge is 2.40. The molecule has 1 aliphatic carbocycles. The first-order chi connectivity index (χ1) is 12.0. The third-order valence-electron chi connectivity index (χ3n) is 4.71. The molecule has 0 fully saturated rings. The summed E-state index contributed by atoms with van der Waals surface area (Å²) in [6, 6.07) is 9.73. The predicted octanol–water partition coefficient (Wildman–Crippen LogP) is 2.27. The number of hydrogen-bond donors (Lipinski definition) is 1. The van der Waals surface area contributed by atoms with Crippen LogP contribution in [0.4, 0.5) is 0 Å². The second kappa shape index (κ2) is 6.61. The molecule has 25 heavy (non-hydrogen) atoms. The number of ether oxygens (including phenoxy) is 1. The molecule has 1 aromatic rings. The van der Waals surface area contributed by atoms with Crippen LogP contribution in [-0.2, 0) is 4.79 Å². The lowest BCUT2D eigenvalue weighted by Crippen LogP contribution is -2.45. The van der Waals surface area contributed by atoms with Crippen molar-refractivity contribution < 1.29 is 9.53 Å². The smallest absolute Gasteiger partial charge is 0.161 e. The Morgan fingerprint density at radius 2 is 2.12 bits per heavy atom. The maximum atomic E-state index is 12.8. The van der Waals surface area contributed by atoms with Gasteiger partial charge in [-0.3, -0.25) is 9.80 Å². The number of nitrogens with two attached hydrogens (primary N) is 1. The number of Topliss-reactive ketones (excluding diaryl/α,β-unsaturated/α-hetero) is 1. The van der Waals surface area contributed by atoms with E-state index in [1.54, 1.807) is 12.1 Å². The first-order valence-corrected chi connectivity index (χ1v) is 8.26. The van der Waals surface area contributed by atoms with E-state index in [4.69, 9.17) is 10.5 Å². The van der Waals surface area contributed by atoms with Crippen molar-refractivity contribution in [3.8, 4) is 11.8 Å². The topological polar surface area (TPSA) is 82.6 Å². The van der Waals surface area contributed by atoms with E-state index < -0.39 is 5.92 Å². The molecule has 6 nitrogen and oxygen atoms in total. The molecule has 0 unspecified atom stereocenters. The standard InChI is InChI=1S/C19H22N4O2/c1-22(2)23-15-8-5-9-16(24)18(15)17(14(11-20)19(23)21)12-6-4-7-13(10-12)25-3/h4,6-7,10,17H,5,8-9,21H2,1-3H3/t17-/m1/s1. The Morgan fingerprint density at radius 3 is 2.76 bits per heavy atom. The summed E-state index contributed by atoms with van der Waals surface area (Å²) in [4.78, 5) is 12.8. The Labute approximate surface area is 147 Å². The zero-order valence-electron chi connectivity index (χ0n) is 14.7. The highest BCUT2D eigenvalue weighted by molar-refractivity contribution is 5.99. The fraction of sp³-hybridized carbons (Fsp3) is 0.368. The molecule has 2 N–H and O–H groups in total. The fourth-order valence-corrected chi connectivity index (χ4v) is 3.68. The number of carbonyl (C=O) groups is 1. The molecule has 1 aliphatic heterocycles. The lowest BCUT2D eigenvalue weighted by molar-refractivity contribution is -0.116. The number of benzene rings is 1. The van der Waals surface area contributed by atoms with Gasteiger partial charge in [-0.1, -0.05) is 12.1 Å². The van der Waals surface area contributed by atoms with Crippen molar-refractivity contribution in [1.82, 2.24) is 10.0 Å². The first kappa shape index (κ1) is 17.1. The Hall–Kier alpha value is -2.78. The first-order valence-electron chi connectivity index (χ1n) is 8.26. The predicted molar refractivity (Wildman–Crippen MR) is 94.0 cm³/mol. The van der Waals surface area contributed by atoms with E-state index >= 15 is 0 Å². The molecule has 0 saturated carbocycles. The largest absolute Gasteiger partial charge is 0.497 e. The molecule has 1 heterocycles. The molecule has 0 saturated heterocycles. The summed E-state index contributed by atoms with van der Waals surface area (Å²) in [6.45, 7) is 0. The normalized spacial score (nSPS) is 20.7. The fourth-order valence-electron chi connectivity index (χ4n) is 3.68. The summed E-state index contributed by atoms with van der Waals surface area (Å²) < 4.78 is 5.31. The van der Waals surface area contributed by atoms with Crippen molar-refractivity contribution in [3.63, 3.8) is 0 Å². The number of methoxy groups -OCH3 is 1. The van der Waals surface area contributed by atoms with Crippen LogP contribution < -0.4 is 10.5 Å². The van der Waals surface area contributed by atoms with Crippen LogP contribution in [0.1, 0.15) is 30.7 Å². The number of ketones is 1. The van der Waals surface area contributed by atoms with Crippen LogP contribution in [0.2, 0.25) is 0 Å². The van der Waals surface area contributed by atoms with Crippen LogP contribution in [0.15, 0.2) is 46.9 Å². The summed E-state index contributed by atoms with van der Waals surface area (Å²) in [5.74, 6) is 0.711. The van der Waals surface area contributed by atoms with Crippen molar-refractivity contribution in [1.29, 1.82) is 5.26 Å². The average Bonchev–Trinajstić information content (AvgIpc) is 2.60. The summed E-state index contributed by atoms with van der Waals surface area (Å²) in [7, 11) is 5.31. The third kappa shape index (κ3) is 2.77. The minimum Gasteiger partial charge on any atom is -0.497 e. The zero-order chi connectivity index (χ0) is 18.1. The third-order valence-corrected chi connectivity index (χ3v) is 4.71. The van der Waals surface area contributed by atoms with Gasteiger partial charge in [0.25, 0.3) is 0 Å². The van der Waals surface area contributed by atoms with Gasteiger partial charge in [0.1, 0.15) is 11.6 Å². The van der Waals surface area contributed by atoms with Crippen molar-refractivity contribution >= 4 is 5.78 Å². The second-order valence-corrected chi connectivity index (χ2v) is 6.42. The monoisotopic (exact) mass is 338 g/mol. The van der Waals surface area contributed by atoms with E-state index in [1.807, 2.05) is 43.4 Å². The van der Waals surface area contributed by atoms with Gasteiger partial charge in [0.2, 0.25) is 0 Å². The molecule has 1 aromatic carbocycles. The van der Waals surface area contributed by atoms with E-state index in [9.17, 15) is 10.1 Å². The Balaban J connectivity index is 2.25. The van der Waals surface area contributed by atoms with E-state index in [0.717, 1.165) is 24.1 Å². The number of nitrogens with zero attached hydrogens (tertiary/aromatic N) is 3. The van der Waals surface area contributed by atoms with Crippen molar-refractivity contribution in [3.05, 3.63) is 52.5 Å². The van der Waals surface area contributed by atoms with Gasteiger partial charge >= 0.3 is 0 Å². The van der Waals surface area contributed by atoms with Crippen molar-refractivity contribution in [2.45, 2.75) is 25.2 Å². The van der Waals surface area contributed by atoms with Crippen molar-refractivity contribution in [2.75, 3.05) is 21.2 Å². The highest BCUT2D eigenvalue weighted by atomic mass is 16.5. The number of carbonyl (C=O) groups excluding carboxylic acids is 1. The summed E-state index contributed by atoms with van der Waals surface area (Å²) in [6.07, 6.45) is 2.06. The van der Waals surface area contributed by atoms with E-state index in [0.29, 0.717) is 29.1 Å². The average molecular weight is 338 g/mol. The molecular formula is C19H22N4O2. The van der Waals surface area contributed by atoms with Crippen LogP contribution in [0.25, 0.3) is 0 Å². The molecule has 0 amide bonds. The number of hydrazine groups is 1. The Bertz CT molecular complexity index is 817. The van der Waals surface area contributed by atoms with Crippen LogP contribution in [0.3, 0.4) is 0 Å². The van der Waals surface area contributed by atoms with Crippen LogP contribution in [0, 0.1) is 11.3 Å². The highest BCUT2D eigenvalue weighted by Crippen LogP contribution is 2.45. The molecule has 0 aromatic heterocycles. The van der Waals surface area contributed by atoms with Crippen LogP contribution in [0.5, 0.6) is 5.75 Å². The lowest BCUT2D eigenvalue weighted by Gasteiger charge is -2.42. The van der Waals surface area contributed by atoms with Gasteiger partial charge in [-0.25, -0.2) is 5.01 Å². The van der Waals surface area contributed by atoms with Crippen LogP contribution >= 0.6 is 0 Å². The number of rotatable bonds is 3. The van der Waals surface area contributed by atoms with Gasteiger partial charge in [0.15, 0.2) is 5.78 Å². The summed E-state index contributed by atoms with van der Waals surface area (Å²) >= 11 is 0. The molecule has 130 valence electrons. The van der Waals surface area contributed by atoms with E-state index in [1.165, 1.54) is 0 Å². The minimum absolute atomic E-state index is 0.0844. The van der Waals surface area contributed by atoms with Gasteiger partial charge in [0, 0.05) is 31.8 Å². The maximum absolute atomic E-state index is 12.8. The number of hydrogen-bond acceptors (Lipinski definition) is 6. The second-order valence-electron chi connectivity index (χ2n) is 6.42. The maximum Gasteiger partial charge on any atom is 0.161 e. The van der Waals surface area contributed by atoms with Crippen molar-refractivity contribution in [2.24, 2.45) is 5.73 Å². The van der Waals surface area contributed by atoms with E-state index in [-0.39, 0.29) is 5.78 Å². The molecule has 0 bridgehead atoms. The summed E-state index contributed by atoms with van der Waals surface area (Å²) in [5, 5.41) is 13.4. The van der Waals surface area contributed by atoms with Gasteiger partial charge in [0.05, 0.1) is 24.7 Å². The van der Waals surface area contributed by atoms with Gasteiger partial charge < -0.3 is 10.5 Å². The number of nitriles is 1. The zero-order valence-corrected chi connectivity index (χ0v) is 14.7. The molecule has 1 atom stereocenters.